The van der Waals surface area contributed by atoms with E-state index in [1.54, 1.807) is 0 Å². The van der Waals surface area contributed by atoms with Crippen LogP contribution in [0.3, 0.4) is 0 Å². The highest BCUT2D eigenvalue weighted by Crippen LogP contribution is 2.38. The van der Waals surface area contributed by atoms with Gasteiger partial charge in [0.2, 0.25) is 5.91 Å². The number of nitrogens with zero attached hydrogens (tertiary/aromatic N) is 1. The summed E-state index contributed by atoms with van der Waals surface area (Å²) < 4.78 is 30.2. The molecule has 10 heteroatoms. The van der Waals surface area contributed by atoms with Gasteiger partial charge in [-0.25, -0.2) is 0 Å². The SMILES string of the molecule is CCCCC/C=C\C/C=C\C/C=C\C/C=C\CCCCCC(=O)OC(/C=C/CCCCCCCCCCC)C(COP(=O)([O-])OCC[N+](C)(C)C)NC(=O)CCCCCCCCC/C=C\CCCCCC. The highest BCUT2D eigenvalue weighted by Gasteiger charge is 2.27. The van der Waals surface area contributed by atoms with Crippen molar-refractivity contribution in [3.05, 3.63) is 72.9 Å². The van der Waals surface area contributed by atoms with Gasteiger partial charge in [0.15, 0.2) is 0 Å². The van der Waals surface area contributed by atoms with Crippen LogP contribution in [-0.4, -0.2) is 69.4 Å². The number of hydrogen-bond acceptors (Lipinski definition) is 7. The van der Waals surface area contributed by atoms with Crippen LogP contribution in [0.15, 0.2) is 72.9 Å². The Morgan fingerprint density at radius 1 is 0.493 bits per heavy atom. The van der Waals surface area contributed by atoms with Gasteiger partial charge in [-0.3, -0.25) is 14.2 Å². The van der Waals surface area contributed by atoms with Crippen molar-refractivity contribution in [1.29, 1.82) is 0 Å². The number of likely N-dealkylation sites (N-methyl/N-ethyl adjacent to an activating group) is 1. The van der Waals surface area contributed by atoms with E-state index in [0.29, 0.717) is 23.9 Å². The van der Waals surface area contributed by atoms with Crippen LogP contribution in [0.4, 0.5) is 0 Å². The van der Waals surface area contributed by atoms with Crippen LogP contribution in [-0.2, 0) is 27.9 Å². The van der Waals surface area contributed by atoms with Crippen molar-refractivity contribution in [2.75, 3.05) is 40.9 Å². The Bertz CT molecular complexity index is 1450. The van der Waals surface area contributed by atoms with E-state index in [-0.39, 0.29) is 24.9 Å². The summed E-state index contributed by atoms with van der Waals surface area (Å²) in [4.78, 5) is 39.8. The lowest BCUT2D eigenvalue weighted by Gasteiger charge is -2.30. The predicted molar refractivity (Wildman–Crippen MR) is 302 cm³/mol. The van der Waals surface area contributed by atoms with E-state index in [1.807, 2.05) is 33.3 Å². The minimum absolute atomic E-state index is 0.0307. The normalized spacial score (nSPS) is 14.3. The van der Waals surface area contributed by atoms with Crippen molar-refractivity contribution in [3.63, 3.8) is 0 Å². The lowest BCUT2D eigenvalue weighted by atomic mass is 10.1. The molecule has 0 aliphatic rings. The van der Waals surface area contributed by atoms with E-state index in [2.05, 4.69) is 86.8 Å². The topological polar surface area (TPSA) is 114 Å². The molecule has 0 aliphatic heterocycles. The van der Waals surface area contributed by atoms with Gasteiger partial charge in [0, 0.05) is 12.8 Å². The molecule has 0 rings (SSSR count). The largest absolute Gasteiger partial charge is 0.756 e. The number of esters is 1. The Kier molecular flexibility index (Phi) is 49.1. The number of phosphoric ester groups is 1. The van der Waals surface area contributed by atoms with E-state index in [4.69, 9.17) is 13.8 Å². The number of nitrogens with one attached hydrogen (secondary N) is 1. The zero-order chi connectivity index (χ0) is 52.2. The smallest absolute Gasteiger partial charge is 0.306 e. The van der Waals surface area contributed by atoms with E-state index < -0.39 is 26.6 Å². The van der Waals surface area contributed by atoms with Crippen LogP contribution in [0.5, 0.6) is 0 Å². The van der Waals surface area contributed by atoms with E-state index in [1.165, 1.54) is 122 Å². The summed E-state index contributed by atoms with van der Waals surface area (Å²) in [7, 11) is 1.16. The third-order valence-electron chi connectivity index (χ3n) is 12.6. The molecule has 0 spiro atoms. The van der Waals surface area contributed by atoms with Gasteiger partial charge in [0.25, 0.3) is 7.82 Å². The molecule has 3 unspecified atom stereocenters. The minimum Gasteiger partial charge on any atom is -0.756 e. The number of ether oxygens (including phenoxy) is 1. The fraction of sp³-hybridized carbons (Fsp3) is 0.770. The number of unbranched alkanes of at least 4 members (excludes halogenated alkanes) is 26. The molecule has 0 fully saturated rings. The van der Waals surface area contributed by atoms with Gasteiger partial charge in [-0.05, 0) is 102 Å². The molecule has 1 amide bonds. The summed E-state index contributed by atoms with van der Waals surface area (Å²) in [5.41, 5.74) is 0. The van der Waals surface area contributed by atoms with Gasteiger partial charge in [-0.15, -0.1) is 0 Å². The molecule has 0 aliphatic carbocycles. The second kappa shape index (κ2) is 51.0. The molecular formula is C61H111N2O7P. The highest BCUT2D eigenvalue weighted by molar-refractivity contribution is 7.45. The van der Waals surface area contributed by atoms with Crippen molar-refractivity contribution in [2.24, 2.45) is 0 Å². The van der Waals surface area contributed by atoms with Gasteiger partial charge in [0.1, 0.15) is 19.3 Å². The molecule has 0 saturated carbocycles. The molecule has 0 aromatic rings. The average molecular weight is 1020 g/mol. The van der Waals surface area contributed by atoms with Crippen LogP contribution >= 0.6 is 7.82 Å². The van der Waals surface area contributed by atoms with Gasteiger partial charge < -0.3 is 28.5 Å². The number of quaternary nitrogens is 1. The van der Waals surface area contributed by atoms with Gasteiger partial charge in [-0.1, -0.05) is 210 Å². The summed E-state index contributed by atoms with van der Waals surface area (Å²) in [5.74, 6) is -0.584. The monoisotopic (exact) mass is 1010 g/mol. The van der Waals surface area contributed by atoms with Gasteiger partial charge >= 0.3 is 5.97 Å². The fourth-order valence-electron chi connectivity index (χ4n) is 8.03. The Morgan fingerprint density at radius 2 is 0.859 bits per heavy atom. The highest BCUT2D eigenvalue weighted by atomic mass is 31.2. The Balaban J connectivity index is 5.36. The number of phosphoric acid groups is 1. The van der Waals surface area contributed by atoms with Crippen LogP contribution < -0.4 is 10.2 Å². The molecule has 412 valence electrons. The number of hydrogen-bond donors (Lipinski definition) is 1. The number of amides is 1. The van der Waals surface area contributed by atoms with Crippen molar-refractivity contribution >= 4 is 19.7 Å². The first-order valence-electron chi connectivity index (χ1n) is 29.2. The van der Waals surface area contributed by atoms with E-state index >= 15 is 0 Å². The first kappa shape index (κ1) is 68.5. The zero-order valence-corrected chi connectivity index (χ0v) is 47.8. The van der Waals surface area contributed by atoms with Gasteiger partial charge in [0.05, 0.1) is 33.8 Å². The molecule has 1 N–H and O–H groups in total. The van der Waals surface area contributed by atoms with Crippen molar-refractivity contribution in [2.45, 2.75) is 264 Å². The first-order valence-corrected chi connectivity index (χ1v) is 30.7. The summed E-state index contributed by atoms with van der Waals surface area (Å²) >= 11 is 0. The van der Waals surface area contributed by atoms with Crippen LogP contribution in [0, 0.1) is 0 Å². The van der Waals surface area contributed by atoms with Crippen LogP contribution in [0.25, 0.3) is 0 Å². The number of carbonyl (C=O) groups excluding carboxylic acids is 2. The first-order chi connectivity index (χ1) is 34.4. The minimum atomic E-state index is -4.70. The number of rotatable bonds is 52. The fourth-order valence-corrected chi connectivity index (χ4v) is 8.75. The molecule has 0 aromatic heterocycles. The molecule has 0 bridgehead atoms. The molecule has 9 nitrogen and oxygen atoms in total. The molecule has 0 aromatic carbocycles. The lowest BCUT2D eigenvalue weighted by Crippen LogP contribution is -2.47. The quantitative estimate of drug-likeness (QED) is 0.0212. The summed E-state index contributed by atoms with van der Waals surface area (Å²) in [6.07, 6.45) is 64.3. The Hall–Kier alpha value is -2.55. The molecule has 71 heavy (non-hydrogen) atoms. The second-order valence-electron chi connectivity index (χ2n) is 20.8. The average Bonchev–Trinajstić information content (AvgIpc) is 3.33. The molecule has 0 saturated heterocycles. The standard InChI is InChI=1S/C61H111N2O7P/c1-7-10-13-16-19-22-25-27-29-30-31-32-34-36-39-42-45-48-51-54-61(65)70-59(52-49-46-43-40-37-24-21-18-15-12-9-3)58(57-69-71(66,67)68-56-55-63(4,5)6)62-60(64)53-50-47-44-41-38-35-33-28-26-23-20-17-14-11-8-2/h19,22-23,26-27,29,31-32,36,39,49,52,58-59H,7-18,20-21,24-25,28,30,33-35,37-38,40-48,50-51,53-57H2,1-6H3,(H-,62,64,66,67)/b22-19-,26-23-,29-27-,32-31-,39-36-,52-49+. The van der Waals surface area contributed by atoms with Crippen LogP contribution in [0.1, 0.15) is 252 Å². The third-order valence-corrected chi connectivity index (χ3v) is 13.6. The number of allylic oxidation sites excluding steroid dienone is 11. The van der Waals surface area contributed by atoms with E-state index in [0.717, 1.165) is 89.9 Å². The summed E-state index contributed by atoms with van der Waals surface area (Å²) in [6.45, 7) is 6.76. The Labute approximate surface area is 438 Å². The predicted octanol–water partition coefficient (Wildman–Crippen LogP) is 17.0. The molecular weight excluding hydrogens is 904 g/mol. The van der Waals surface area contributed by atoms with E-state index in [9.17, 15) is 19.0 Å². The molecule has 0 radical (unpaired) electrons. The van der Waals surface area contributed by atoms with Crippen molar-refractivity contribution in [1.82, 2.24) is 5.32 Å². The molecule has 3 atom stereocenters. The summed E-state index contributed by atoms with van der Waals surface area (Å²) in [6, 6.07) is -0.905. The maximum Gasteiger partial charge on any atom is 0.306 e. The second-order valence-corrected chi connectivity index (χ2v) is 22.2. The van der Waals surface area contributed by atoms with Crippen LogP contribution in [0.2, 0.25) is 0 Å². The maximum absolute atomic E-state index is 13.5. The third kappa shape index (κ3) is 52.1. The summed E-state index contributed by atoms with van der Waals surface area (Å²) in [5, 5.41) is 3.01. The van der Waals surface area contributed by atoms with Crippen molar-refractivity contribution < 1.29 is 37.3 Å². The van der Waals surface area contributed by atoms with Crippen molar-refractivity contribution in [3.8, 4) is 0 Å². The zero-order valence-electron chi connectivity index (χ0n) is 46.9. The Morgan fingerprint density at radius 3 is 1.35 bits per heavy atom. The van der Waals surface area contributed by atoms with Gasteiger partial charge in [-0.2, -0.15) is 0 Å². The maximum atomic E-state index is 13.5. The number of carbonyl (C=O) groups is 2. The lowest BCUT2D eigenvalue weighted by molar-refractivity contribution is -0.870. The molecule has 0 heterocycles.